The van der Waals surface area contributed by atoms with Crippen LogP contribution < -0.4 is 10.6 Å². The molecule has 0 heterocycles. The van der Waals surface area contributed by atoms with Crippen molar-refractivity contribution in [1.29, 1.82) is 0 Å². The van der Waals surface area contributed by atoms with Crippen LogP contribution in [0.3, 0.4) is 0 Å². The molecule has 0 aromatic heterocycles. The van der Waals surface area contributed by atoms with E-state index in [2.05, 4.69) is 10.6 Å². The molecule has 100 valence electrons. The minimum atomic E-state index is 0.0723. The summed E-state index contributed by atoms with van der Waals surface area (Å²) in [5, 5.41) is 15.6. The monoisotopic (exact) mass is 250 g/mol. The SMILES string of the molecule is CCNC(=O)CCNCc1cc(C)c(O)c(C)c1. The zero-order valence-corrected chi connectivity index (χ0v) is 11.3. The van der Waals surface area contributed by atoms with E-state index >= 15 is 0 Å². The summed E-state index contributed by atoms with van der Waals surface area (Å²) >= 11 is 0. The number of benzene rings is 1. The molecule has 0 fully saturated rings. The number of aromatic hydroxyl groups is 1. The summed E-state index contributed by atoms with van der Waals surface area (Å²) in [6, 6.07) is 3.92. The van der Waals surface area contributed by atoms with Crippen LogP contribution in [0.5, 0.6) is 5.75 Å². The van der Waals surface area contributed by atoms with Gasteiger partial charge in [-0.1, -0.05) is 12.1 Å². The van der Waals surface area contributed by atoms with Gasteiger partial charge in [0.2, 0.25) is 5.91 Å². The number of amides is 1. The average molecular weight is 250 g/mol. The molecule has 0 atom stereocenters. The summed E-state index contributed by atoms with van der Waals surface area (Å²) < 4.78 is 0. The Morgan fingerprint density at radius 1 is 1.28 bits per heavy atom. The summed E-state index contributed by atoms with van der Waals surface area (Å²) in [5.74, 6) is 0.434. The molecular weight excluding hydrogens is 228 g/mol. The van der Waals surface area contributed by atoms with Gasteiger partial charge in [-0.3, -0.25) is 4.79 Å². The van der Waals surface area contributed by atoms with Crippen LogP contribution in [0.2, 0.25) is 0 Å². The molecule has 0 saturated heterocycles. The molecular formula is C14H22N2O2. The number of phenols is 1. The van der Waals surface area contributed by atoms with Crippen molar-refractivity contribution in [3.8, 4) is 5.75 Å². The molecule has 0 unspecified atom stereocenters. The second-order valence-electron chi connectivity index (χ2n) is 4.46. The zero-order valence-electron chi connectivity index (χ0n) is 11.3. The fraction of sp³-hybridized carbons (Fsp3) is 0.500. The number of rotatable bonds is 6. The number of hydrogen-bond acceptors (Lipinski definition) is 3. The van der Waals surface area contributed by atoms with Crippen LogP contribution in [0.25, 0.3) is 0 Å². The first-order chi connectivity index (χ1) is 8.54. The van der Waals surface area contributed by atoms with Gasteiger partial charge >= 0.3 is 0 Å². The second kappa shape index (κ2) is 7.01. The van der Waals surface area contributed by atoms with Gasteiger partial charge in [0.15, 0.2) is 0 Å². The molecule has 1 rings (SSSR count). The topological polar surface area (TPSA) is 61.4 Å². The molecule has 1 aromatic rings. The van der Waals surface area contributed by atoms with E-state index in [0.29, 0.717) is 31.8 Å². The quantitative estimate of drug-likeness (QED) is 0.672. The highest BCUT2D eigenvalue weighted by Crippen LogP contribution is 2.22. The van der Waals surface area contributed by atoms with Gasteiger partial charge in [-0.05, 0) is 37.5 Å². The van der Waals surface area contributed by atoms with E-state index in [1.165, 1.54) is 0 Å². The fourth-order valence-corrected chi connectivity index (χ4v) is 1.87. The van der Waals surface area contributed by atoms with Gasteiger partial charge in [-0.25, -0.2) is 0 Å². The van der Waals surface area contributed by atoms with Crippen molar-refractivity contribution in [3.05, 3.63) is 28.8 Å². The lowest BCUT2D eigenvalue weighted by atomic mass is 10.1. The molecule has 18 heavy (non-hydrogen) atoms. The first kappa shape index (κ1) is 14.5. The van der Waals surface area contributed by atoms with Crippen LogP contribution >= 0.6 is 0 Å². The lowest BCUT2D eigenvalue weighted by Crippen LogP contribution is -2.27. The van der Waals surface area contributed by atoms with E-state index in [-0.39, 0.29) is 5.91 Å². The maximum absolute atomic E-state index is 11.2. The number of carbonyl (C=O) groups excluding carboxylic acids is 1. The number of nitrogens with one attached hydrogen (secondary N) is 2. The molecule has 0 radical (unpaired) electrons. The van der Waals surface area contributed by atoms with Gasteiger partial charge in [0.05, 0.1) is 0 Å². The predicted molar refractivity (Wildman–Crippen MR) is 72.6 cm³/mol. The Morgan fingerprint density at radius 2 is 1.89 bits per heavy atom. The Hall–Kier alpha value is -1.55. The van der Waals surface area contributed by atoms with Crippen LogP contribution in [0.1, 0.15) is 30.0 Å². The smallest absolute Gasteiger partial charge is 0.221 e. The third-order valence-corrected chi connectivity index (χ3v) is 2.78. The normalized spacial score (nSPS) is 10.4. The molecule has 0 aliphatic carbocycles. The van der Waals surface area contributed by atoms with Gasteiger partial charge in [0, 0.05) is 26.1 Å². The predicted octanol–water partition coefficient (Wildman–Crippen LogP) is 1.62. The number of phenolic OH excluding ortho intramolecular Hbond substituents is 1. The van der Waals surface area contributed by atoms with Gasteiger partial charge in [0.25, 0.3) is 0 Å². The number of aryl methyl sites for hydroxylation is 2. The van der Waals surface area contributed by atoms with Crippen molar-refractivity contribution >= 4 is 5.91 Å². The molecule has 4 heteroatoms. The van der Waals surface area contributed by atoms with Crippen LogP contribution in [0, 0.1) is 13.8 Å². The van der Waals surface area contributed by atoms with E-state index < -0.39 is 0 Å². The van der Waals surface area contributed by atoms with Gasteiger partial charge in [0.1, 0.15) is 5.75 Å². The fourth-order valence-electron chi connectivity index (χ4n) is 1.87. The number of carbonyl (C=O) groups is 1. The van der Waals surface area contributed by atoms with Crippen molar-refractivity contribution in [3.63, 3.8) is 0 Å². The molecule has 3 N–H and O–H groups in total. The lowest BCUT2D eigenvalue weighted by Gasteiger charge is -2.09. The maximum atomic E-state index is 11.2. The molecule has 0 spiro atoms. The van der Waals surface area contributed by atoms with Gasteiger partial charge in [-0.2, -0.15) is 0 Å². The molecule has 0 aliphatic heterocycles. The molecule has 1 amide bonds. The van der Waals surface area contributed by atoms with Gasteiger partial charge in [-0.15, -0.1) is 0 Å². The van der Waals surface area contributed by atoms with Crippen LogP contribution in [0.15, 0.2) is 12.1 Å². The standard InChI is InChI=1S/C14H22N2O2/c1-4-16-13(17)5-6-15-9-12-7-10(2)14(18)11(3)8-12/h7-8,15,18H,4-6,9H2,1-3H3,(H,16,17). The molecule has 1 aromatic carbocycles. The summed E-state index contributed by atoms with van der Waals surface area (Å²) in [7, 11) is 0. The van der Waals surface area contributed by atoms with Crippen molar-refractivity contribution in [2.24, 2.45) is 0 Å². The summed E-state index contributed by atoms with van der Waals surface area (Å²) in [4.78, 5) is 11.2. The highest BCUT2D eigenvalue weighted by atomic mass is 16.3. The van der Waals surface area contributed by atoms with E-state index in [0.717, 1.165) is 16.7 Å². The number of hydrogen-bond donors (Lipinski definition) is 3. The van der Waals surface area contributed by atoms with E-state index in [4.69, 9.17) is 0 Å². The third kappa shape index (κ3) is 4.37. The van der Waals surface area contributed by atoms with Crippen LogP contribution in [-0.2, 0) is 11.3 Å². The van der Waals surface area contributed by atoms with Crippen molar-refractivity contribution in [2.45, 2.75) is 33.7 Å². The minimum absolute atomic E-state index is 0.0723. The highest BCUT2D eigenvalue weighted by Gasteiger charge is 2.03. The van der Waals surface area contributed by atoms with Crippen molar-refractivity contribution < 1.29 is 9.90 Å². The summed E-state index contributed by atoms with van der Waals surface area (Å²) in [6.07, 6.45) is 0.490. The van der Waals surface area contributed by atoms with E-state index in [1.807, 2.05) is 32.9 Å². The molecule has 0 bridgehead atoms. The zero-order chi connectivity index (χ0) is 13.5. The summed E-state index contributed by atoms with van der Waals surface area (Å²) in [5.41, 5.74) is 2.89. The Labute approximate surface area is 108 Å². The Bertz CT molecular complexity index is 393. The van der Waals surface area contributed by atoms with Crippen LogP contribution in [-0.4, -0.2) is 24.1 Å². The molecule has 0 saturated carbocycles. The second-order valence-corrected chi connectivity index (χ2v) is 4.46. The minimum Gasteiger partial charge on any atom is -0.507 e. The highest BCUT2D eigenvalue weighted by molar-refractivity contribution is 5.75. The third-order valence-electron chi connectivity index (χ3n) is 2.78. The Balaban J connectivity index is 2.38. The first-order valence-corrected chi connectivity index (χ1v) is 6.31. The van der Waals surface area contributed by atoms with E-state index in [1.54, 1.807) is 0 Å². The molecule has 0 aliphatic rings. The Morgan fingerprint density at radius 3 is 2.44 bits per heavy atom. The van der Waals surface area contributed by atoms with Gasteiger partial charge < -0.3 is 15.7 Å². The first-order valence-electron chi connectivity index (χ1n) is 6.31. The maximum Gasteiger partial charge on any atom is 0.221 e. The van der Waals surface area contributed by atoms with E-state index in [9.17, 15) is 9.90 Å². The van der Waals surface area contributed by atoms with Crippen molar-refractivity contribution in [2.75, 3.05) is 13.1 Å². The summed E-state index contributed by atoms with van der Waals surface area (Å²) in [6.45, 7) is 7.73. The van der Waals surface area contributed by atoms with Crippen LogP contribution in [0.4, 0.5) is 0 Å². The van der Waals surface area contributed by atoms with Crippen molar-refractivity contribution in [1.82, 2.24) is 10.6 Å². The average Bonchev–Trinajstić information content (AvgIpc) is 2.32. The largest absolute Gasteiger partial charge is 0.507 e. The molecule has 4 nitrogen and oxygen atoms in total. The Kier molecular flexibility index (Phi) is 5.65. The lowest BCUT2D eigenvalue weighted by molar-refractivity contribution is -0.120.